The summed E-state index contributed by atoms with van der Waals surface area (Å²) in [5, 5.41) is 0. The third-order valence-electron chi connectivity index (χ3n) is 3.27. The highest BCUT2D eigenvalue weighted by Gasteiger charge is 2.08. The summed E-state index contributed by atoms with van der Waals surface area (Å²) in [6, 6.07) is 10.7. The van der Waals surface area contributed by atoms with Crippen LogP contribution in [0.25, 0.3) is 6.08 Å². The first-order chi connectivity index (χ1) is 11.1. The molecule has 0 bridgehead atoms. The Morgan fingerprint density at radius 2 is 1.96 bits per heavy atom. The molecule has 0 saturated carbocycles. The zero-order chi connectivity index (χ0) is 16.7. The summed E-state index contributed by atoms with van der Waals surface area (Å²) in [5.74, 6) is -0.480. The lowest BCUT2D eigenvalue weighted by Crippen LogP contribution is -2.24. The molecule has 118 valence electrons. The minimum atomic E-state index is -0.375. The van der Waals surface area contributed by atoms with E-state index in [1.165, 1.54) is 13.2 Å². The fourth-order valence-corrected chi connectivity index (χ4v) is 1.99. The molecule has 0 aliphatic carbocycles. The summed E-state index contributed by atoms with van der Waals surface area (Å²) < 4.78 is 4.65. The molecular weight excluding hydrogens is 292 g/mol. The van der Waals surface area contributed by atoms with E-state index in [2.05, 4.69) is 9.72 Å². The lowest BCUT2D eigenvalue weighted by atomic mass is 10.1. The van der Waals surface area contributed by atoms with Crippen LogP contribution in [0.2, 0.25) is 0 Å². The van der Waals surface area contributed by atoms with Gasteiger partial charge in [-0.2, -0.15) is 0 Å². The summed E-state index contributed by atoms with van der Waals surface area (Å²) in [4.78, 5) is 29.0. The Kier molecular flexibility index (Phi) is 5.63. The number of methoxy groups -OCH3 is 1. The van der Waals surface area contributed by atoms with Crippen LogP contribution in [0.5, 0.6) is 0 Å². The molecule has 2 aromatic rings. The van der Waals surface area contributed by atoms with Gasteiger partial charge in [0.25, 0.3) is 0 Å². The van der Waals surface area contributed by atoms with E-state index in [0.29, 0.717) is 12.1 Å². The molecule has 2 rings (SSSR count). The second-order valence-corrected chi connectivity index (χ2v) is 5.00. The number of hydrogen-bond donors (Lipinski definition) is 0. The topological polar surface area (TPSA) is 59.5 Å². The van der Waals surface area contributed by atoms with E-state index in [1.807, 2.05) is 12.1 Å². The summed E-state index contributed by atoms with van der Waals surface area (Å²) in [5.41, 5.74) is 2.29. The first-order valence-corrected chi connectivity index (χ1v) is 7.10. The van der Waals surface area contributed by atoms with Gasteiger partial charge in [-0.1, -0.05) is 18.2 Å². The van der Waals surface area contributed by atoms with Gasteiger partial charge in [0.05, 0.1) is 12.7 Å². The molecule has 0 aliphatic heterocycles. The first kappa shape index (κ1) is 16.4. The quantitative estimate of drug-likeness (QED) is 0.629. The second-order valence-electron chi connectivity index (χ2n) is 5.00. The van der Waals surface area contributed by atoms with Gasteiger partial charge in [0, 0.05) is 32.1 Å². The molecule has 1 aromatic heterocycles. The minimum absolute atomic E-state index is 0.106. The third-order valence-corrected chi connectivity index (χ3v) is 3.27. The average molecular weight is 310 g/mol. The predicted octanol–water partition coefficient (Wildman–Crippen LogP) is 2.54. The van der Waals surface area contributed by atoms with Crippen molar-refractivity contribution in [2.24, 2.45) is 0 Å². The number of pyridine rings is 1. The standard InChI is InChI=1S/C18H18N2O3/c1-20(17(21)10-7-14-4-3-11-19-12-14)13-15-5-8-16(9-6-15)18(22)23-2/h3-12H,13H2,1-2H3/b10-7+. The molecule has 0 atom stereocenters. The van der Waals surface area contributed by atoms with E-state index in [9.17, 15) is 9.59 Å². The number of esters is 1. The number of rotatable bonds is 5. The number of carbonyl (C=O) groups is 2. The number of carbonyl (C=O) groups excluding carboxylic acids is 2. The lowest BCUT2D eigenvalue weighted by molar-refractivity contribution is -0.125. The van der Waals surface area contributed by atoms with Crippen molar-refractivity contribution in [3.8, 4) is 0 Å². The maximum atomic E-state index is 12.1. The maximum Gasteiger partial charge on any atom is 0.337 e. The summed E-state index contributed by atoms with van der Waals surface area (Å²) >= 11 is 0. The predicted molar refractivity (Wildman–Crippen MR) is 87.5 cm³/mol. The fraction of sp³-hybridized carbons (Fsp3) is 0.167. The number of amides is 1. The second kappa shape index (κ2) is 7.89. The molecule has 0 unspecified atom stereocenters. The molecule has 0 N–H and O–H groups in total. The van der Waals surface area contributed by atoms with Crippen LogP contribution in [-0.4, -0.2) is 35.9 Å². The molecular formula is C18H18N2O3. The van der Waals surface area contributed by atoms with E-state index in [0.717, 1.165) is 11.1 Å². The number of nitrogens with zero attached hydrogens (tertiary/aromatic N) is 2. The van der Waals surface area contributed by atoms with Gasteiger partial charge in [0.2, 0.25) is 5.91 Å². The van der Waals surface area contributed by atoms with E-state index < -0.39 is 0 Å². The van der Waals surface area contributed by atoms with Gasteiger partial charge < -0.3 is 9.64 Å². The van der Waals surface area contributed by atoms with Crippen molar-refractivity contribution in [1.29, 1.82) is 0 Å². The molecule has 0 spiro atoms. The van der Waals surface area contributed by atoms with Crippen LogP contribution in [0.4, 0.5) is 0 Å². The van der Waals surface area contributed by atoms with Gasteiger partial charge in [-0.05, 0) is 35.4 Å². The van der Waals surface area contributed by atoms with Crippen molar-refractivity contribution in [3.63, 3.8) is 0 Å². The third kappa shape index (κ3) is 4.78. The highest BCUT2D eigenvalue weighted by Crippen LogP contribution is 2.09. The number of aromatic nitrogens is 1. The smallest absolute Gasteiger partial charge is 0.337 e. The fourth-order valence-electron chi connectivity index (χ4n) is 1.99. The van der Waals surface area contributed by atoms with Gasteiger partial charge in [-0.25, -0.2) is 4.79 Å². The Morgan fingerprint density at radius 3 is 2.57 bits per heavy atom. The van der Waals surface area contributed by atoms with Crippen molar-refractivity contribution >= 4 is 18.0 Å². The van der Waals surface area contributed by atoms with Crippen LogP contribution in [0.15, 0.2) is 54.9 Å². The Labute approximate surface area is 135 Å². The Bertz CT molecular complexity index is 694. The molecule has 1 aromatic carbocycles. The van der Waals surface area contributed by atoms with Gasteiger partial charge in [0.1, 0.15) is 0 Å². The summed E-state index contributed by atoms with van der Waals surface area (Å²) in [6.45, 7) is 0.456. The zero-order valence-electron chi connectivity index (χ0n) is 13.1. The first-order valence-electron chi connectivity index (χ1n) is 7.10. The van der Waals surface area contributed by atoms with E-state index in [-0.39, 0.29) is 11.9 Å². The van der Waals surface area contributed by atoms with Crippen LogP contribution in [-0.2, 0) is 16.1 Å². The van der Waals surface area contributed by atoms with Crippen LogP contribution >= 0.6 is 0 Å². The molecule has 1 amide bonds. The molecule has 1 heterocycles. The van der Waals surface area contributed by atoms with E-state index in [1.54, 1.807) is 54.7 Å². The van der Waals surface area contributed by atoms with Crippen LogP contribution < -0.4 is 0 Å². The average Bonchev–Trinajstić information content (AvgIpc) is 2.60. The zero-order valence-corrected chi connectivity index (χ0v) is 13.1. The molecule has 0 radical (unpaired) electrons. The van der Waals surface area contributed by atoms with Gasteiger partial charge in [-0.15, -0.1) is 0 Å². The number of hydrogen-bond acceptors (Lipinski definition) is 4. The van der Waals surface area contributed by atoms with E-state index in [4.69, 9.17) is 0 Å². The largest absolute Gasteiger partial charge is 0.465 e. The maximum absolute atomic E-state index is 12.1. The van der Waals surface area contributed by atoms with Crippen molar-refractivity contribution in [1.82, 2.24) is 9.88 Å². The highest BCUT2D eigenvalue weighted by molar-refractivity contribution is 5.91. The lowest BCUT2D eigenvalue weighted by Gasteiger charge is -2.15. The molecule has 0 aliphatic rings. The molecule has 5 nitrogen and oxygen atoms in total. The van der Waals surface area contributed by atoms with E-state index >= 15 is 0 Å². The summed E-state index contributed by atoms with van der Waals surface area (Å²) in [6.07, 6.45) is 6.62. The monoisotopic (exact) mass is 310 g/mol. The van der Waals surface area contributed by atoms with Crippen molar-refractivity contribution in [3.05, 3.63) is 71.6 Å². The molecule has 5 heteroatoms. The number of likely N-dealkylation sites (N-methyl/N-ethyl adjacent to an activating group) is 1. The number of benzene rings is 1. The van der Waals surface area contributed by atoms with Crippen LogP contribution in [0, 0.1) is 0 Å². The number of ether oxygens (including phenoxy) is 1. The molecule has 0 saturated heterocycles. The minimum Gasteiger partial charge on any atom is -0.465 e. The Morgan fingerprint density at radius 1 is 1.22 bits per heavy atom. The van der Waals surface area contributed by atoms with Crippen molar-refractivity contribution in [2.75, 3.05) is 14.2 Å². The van der Waals surface area contributed by atoms with Crippen molar-refractivity contribution < 1.29 is 14.3 Å². The van der Waals surface area contributed by atoms with Crippen LogP contribution in [0.1, 0.15) is 21.5 Å². The highest BCUT2D eigenvalue weighted by atomic mass is 16.5. The van der Waals surface area contributed by atoms with Crippen LogP contribution in [0.3, 0.4) is 0 Å². The Balaban J connectivity index is 1.95. The summed E-state index contributed by atoms with van der Waals surface area (Å²) in [7, 11) is 3.07. The normalized spacial score (nSPS) is 10.5. The molecule has 0 fully saturated rings. The Hall–Kier alpha value is -2.95. The SMILES string of the molecule is COC(=O)c1ccc(CN(C)C(=O)/C=C/c2cccnc2)cc1. The molecule has 23 heavy (non-hydrogen) atoms. The van der Waals surface area contributed by atoms with Gasteiger partial charge in [-0.3, -0.25) is 9.78 Å². The van der Waals surface area contributed by atoms with Gasteiger partial charge in [0.15, 0.2) is 0 Å². The van der Waals surface area contributed by atoms with Gasteiger partial charge >= 0.3 is 5.97 Å². The van der Waals surface area contributed by atoms with Crippen molar-refractivity contribution in [2.45, 2.75) is 6.54 Å².